The minimum atomic E-state index is -3.83. The zero-order valence-corrected chi connectivity index (χ0v) is 10.3. The first-order chi connectivity index (χ1) is 7.54. The van der Waals surface area contributed by atoms with Crippen LogP contribution in [0, 0.1) is 0 Å². The third-order valence-corrected chi connectivity index (χ3v) is 3.73. The Balaban J connectivity index is 2.44. The summed E-state index contributed by atoms with van der Waals surface area (Å²) in [6, 6.07) is 0. The van der Waals surface area contributed by atoms with Crippen LogP contribution in [0.15, 0.2) is 5.16 Å². The second-order valence-corrected chi connectivity index (χ2v) is 6.04. The molecule has 1 fully saturated rings. The molecular weight excluding hydrogens is 254 g/mol. The van der Waals surface area contributed by atoms with Gasteiger partial charge in [0.05, 0.1) is 6.61 Å². The quantitative estimate of drug-likeness (QED) is 0.753. The minimum Gasteiger partial charge on any atom is -0.381 e. The molecular formula is C8H12ClN3O3S. The van der Waals surface area contributed by atoms with Gasteiger partial charge in [-0.25, -0.2) is 8.42 Å². The van der Waals surface area contributed by atoms with Crippen molar-refractivity contribution in [3.05, 3.63) is 5.82 Å². The molecule has 1 aliphatic rings. The third kappa shape index (κ3) is 2.07. The van der Waals surface area contributed by atoms with Gasteiger partial charge in [-0.1, -0.05) is 0 Å². The maximum Gasteiger partial charge on any atom is 0.296 e. The van der Waals surface area contributed by atoms with Gasteiger partial charge in [0.2, 0.25) is 0 Å². The molecule has 8 heteroatoms. The van der Waals surface area contributed by atoms with Gasteiger partial charge in [-0.3, -0.25) is 0 Å². The first-order valence-electron chi connectivity index (χ1n) is 4.99. The van der Waals surface area contributed by atoms with Crippen LogP contribution >= 0.6 is 10.7 Å². The van der Waals surface area contributed by atoms with Crippen LogP contribution in [-0.2, 0) is 20.3 Å². The number of hydrogen-bond acceptors (Lipinski definition) is 5. The summed E-state index contributed by atoms with van der Waals surface area (Å²) in [5, 5.41) is 7.36. The van der Waals surface area contributed by atoms with Crippen molar-refractivity contribution in [2.24, 2.45) is 0 Å². The van der Waals surface area contributed by atoms with Crippen LogP contribution in [-0.4, -0.2) is 36.4 Å². The molecule has 1 atom stereocenters. The van der Waals surface area contributed by atoms with E-state index in [9.17, 15) is 8.42 Å². The van der Waals surface area contributed by atoms with Crippen molar-refractivity contribution < 1.29 is 13.2 Å². The molecule has 0 bridgehead atoms. The van der Waals surface area contributed by atoms with E-state index in [1.54, 1.807) is 0 Å². The first kappa shape index (κ1) is 11.8. The van der Waals surface area contributed by atoms with Crippen molar-refractivity contribution in [1.29, 1.82) is 0 Å². The molecule has 0 amide bonds. The highest BCUT2D eigenvalue weighted by atomic mass is 35.7. The Hall–Kier alpha value is -0.660. The van der Waals surface area contributed by atoms with E-state index in [1.807, 2.05) is 6.92 Å². The lowest BCUT2D eigenvalue weighted by Crippen LogP contribution is -2.11. The molecule has 1 aliphatic heterocycles. The van der Waals surface area contributed by atoms with Crippen molar-refractivity contribution in [2.75, 3.05) is 13.2 Å². The van der Waals surface area contributed by atoms with Gasteiger partial charge in [-0.15, -0.1) is 10.2 Å². The van der Waals surface area contributed by atoms with Gasteiger partial charge in [0.1, 0.15) is 5.82 Å². The van der Waals surface area contributed by atoms with Crippen molar-refractivity contribution in [2.45, 2.75) is 31.0 Å². The van der Waals surface area contributed by atoms with E-state index in [0.717, 1.165) is 6.42 Å². The minimum absolute atomic E-state index is 0.111. The molecule has 16 heavy (non-hydrogen) atoms. The van der Waals surface area contributed by atoms with Gasteiger partial charge in [0.25, 0.3) is 14.2 Å². The fraction of sp³-hybridized carbons (Fsp3) is 0.750. The van der Waals surface area contributed by atoms with Crippen LogP contribution in [0.5, 0.6) is 0 Å². The van der Waals surface area contributed by atoms with E-state index in [-0.39, 0.29) is 11.1 Å². The Kier molecular flexibility index (Phi) is 3.18. The molecule has 90 valence electrons. The lowest BCUT2D eigenvalue weighted by molar-refractivity contribution is 0.192. The molecule has 2 rings (SSSR count). The molecule has 1 saturated heterocycles. The van der Waals surface area contributed by atoms with Gasteiger partial charge in [-0.2, -0.15) is 0 Å². The van der Waals surface area contributed by atoms with Crippen molar-refractivity contribution in [3.63, 3.8) is 0 Å². The number of aromatic nitrogens is 3. The molecule has 0 aliphatic carbocycles. The van der Waals surface area contributed by atoms with Crippen molar-refractivity contribution >= 4 is 19.7 Å². The maximum absolute atomic E-state index is 11.3. The lowest BCUT2D eigenvalue weighted by atomic mass is 10.1. The highest BCUT2D eigenvalue weighted by molar-refractivity contribution is 8.13. The largest absolute Gasteiger partial charge is 0.381 e. The van der Waals surface area contributed by atoms with E-state index in [1.165, 1.54) is 4.57 Å². The first-order valence-corrected chi connectivity index (χ1v) is 7.30. The summed E-state index contributed by atoms with van der Waals surface area (Å²) in [6.45, 7) is 3.53. The number of rotatable bonds is 3. The SMILES string of the molecule is CCn1c(C2CCOC2)nnc1S(=O)(=O)Cl. The number of ether oxygens (including phenoxy) is 1. The van der Waals surface area contributed by atoms with Crippen LogP contribution in [0.25, 0.3) is 0 Å². The molecule has 0 N–H and O–H groups in total. The Morgan fingerprint density at radius 3 is 2.81 bits per heavy atom. The lowest BCUT2D eigenvalue weighted by Gasteiger charge is -2.09. The van der Waals surface area contributed by atoms with Crippen LogP contribution in [0.4, 0.5) is 0 Å². The Labute approximate surface area is 98.0 Å². The topological polar surface area (TPSA) is 74.1 Å². The average Bonchev–Trinajstić information content (AvgIpc) is 2.84. The normalized spacial score (nSPS) is 21.5. The van der Waals surface area contributed by atoms with Crippen LogP contribution in [0.2, 0.25) is 0 Å². The van der Waals surface area contributed by atoms with E-state index in [2.05, 4.69) is 10.2 Å². The van der Waals surface area contributed by atoms with Crippen molar-refractivity contribution in [1.82, 2.24) is 14.8 Å². The molecule has 0 saturated carbocycles. The fourth-order valence-electron chi connectivity index (χ4n) is 1.82. The summed E-state index contributed by atoms with van der Waals surface area (Å²) >= 11 is 0. The van der Waals surface area contributed by atoms with E-state index < -0.39 is 9.05 Å². The summed E-state index contributed by atoms with van der Waals surface area (Å²) in [5.74, 6) is 0.749. The number of hydrogen-bond donors (Lipinski definition) is 0. The highest BCUT2D eigenvalue weighted by Gasteiger charge is 2.28. The zero-order chi connectivity index (χ0) is 11.8. The summed E-state index contributed by atoms with van der Waals surface area (Å²) in [7, 11) is 1.45. The molecule has 1 aromatic rings. The number of halogens is 1. The molecule has 2 heterocycles. The second-order valence-electron chi connectivity index (χ2n) is 3.58. The monoisotopic (exact) mass is 265 g/mol. The van der Waals surface area contributed by atoms with E-state index in [0.29, 0.717) is 25.6 Å². The van der Waals surface area contributed by atoms with E-state index in [4.69, 9.17) is 15.4 Å². The second kappa shape index (κ2) is 4.31. The highest BCUT2D eigenvalue weighted by Crippen LogP contribution is 2.26. The summed E-state index contributed by atoms with van der Waals surface area (Å²) < 4.78 is 29.3. The maximum atomic E-state index is 11.3. The predicted molar refractivity (Wildman–Crippen MR) is 56.9 cm³/mol. The summed E-state index contributed by atoms with van der Waals surface area (Å²) in [5.41, 5.74) is 0. The zero-order valence-electron chi connectivity index (χ0n) is 8.76. The Bertz CT molecular complexity index is 479. The third-order valence-electron chi connectivity index (χ3n) is 2.57. The van der Waals surface area contributed by atoms with Gasteiger partial charge in [-0.05, 0) is 13.3 Å². The van der Waals surface area contributed by atoms with Gasteiger partial charge in [0.15, 0.2) is 0 Å². The molecule has 1 aromatic heterocycles. The Morgan fingerprint density at radius 2 is 2.31 bits per heavy atom. The van der Waals surface area contributed by atoms with Crippen LogP contribution < -0.4 is 0 Å². The fourth-order valence-corrected chi connectivity index (χ4v) is 2.78. The van der Waals surface area contributed by atoms with Gasteiger partial charge < -0.3 is 9.30 Å². The smallest absolute Gasteiger partial charge is 0.296 e. The summed E-state index contributed by atoms with van der Waals surface area (Å²) in [4.78, 5) is 0. The van der Waals surface area contributed by atoms with Crippen LogP contribution in [0.3, 0.4) is 0 Å². The summed E-state index contributed by atoms with van der Waals surface area (Å²) in [6.07, 6.45) is 0.834. The molecule has 0 spiro atoms. The van der Waals surface area contributed by atoms with E-state index >= 15 is 0 Å². The molecule has 6 nitrogen and oxygen atoms in total. The van der Waals surface area contributed by atoms with Gasteiger partial charge >= 0.3 is 0 Å². The standard InChI is InChI=1S/C8H12ClN3O3S/c1-2-12-7(6-3-4-15-5-6)10-11-8(12)16(9,13)14/h6H,2-5H2,1H3. The predicted octanol–water partition coefficient (Wildman–Crippen LogP) is 0.729. The van der Waals surface area contributed by atoms with Crippen LogP contribution in [0.1, 0.15) is 25.1 Å². The molecule has 0 radical (unpaired) electrons. The molecule has 1 unspecified atom stereocenters. The van der Waals surface area contributed by atoms with Gasteiger partial charge in [0, 0.05) is 29.8 Å². The average molecular weight is 266 g/mol. The number of nitrogens with zero attached hydrogens (tertiary/aromatic N) is 3. The molecule has 0 aromatic carbocycles. The Morgan fingerprint density at radius 1 is 1.56 bits per heavy atom. The van der Waals surface area contributed by atoms with Crippen molar-refractivity contribution in [3.8, 4) is 0 Å².